The minimum Gasteiger partial charge on any atom is -0.496 e. The summed E-state index contributed by atoms with van der Waals surface area (Å²) in [5.74, 6) is 3.30. The van der Waals surface area contributed by atoms with Crippen LogP contribution < -0.4 is 14.8 Å². The van der Waals surface area contributed by atoms with Crippen molar-refractivity contribution >= 4 is 11.6 Å². The van der Waals surface area contributed by atoms with Crippen LogP contribution in [-0.2, 0) is 0 Å². The number of nitrogens with one attached hydrogen (secondary N) is 2. The molecule has 3 aromatic rings. The number of hydrogen-bond donors (Lipinski definition) is 2. The molecule has 0 spiro atoms. The average molecular weight is 404 g/mol. The maximum absolute atomic E-state index is 8.85. The highest BCUT2D eigenvalue weighted by Gasteiger charge is 2.25. The van der Waals surface area contributed by atoms with E-state index < -0.39 is 0 Å². The summed E-state index contributed by atoms with van der Waals surface area (Å²) in [5.41, 5.74) is 2.90. The van der Waals surface area contributed by atoms with Crippen LogP contribution in [0.15, 0.2) is 30.6 Å². The predicted molar refractivity (Wildman–Crippen MR) is 113 cm³/mol. The van der Waals surface area contributed by atoms with Crippen molar-refractivity contribution in [1.29, 1.82) is 5.26 Å². The Morgan fingerprint density at radius 3 is 2.73 bits per heavy atom. The van der Waals surface area contributed by atoms with Crippen LogP contribution in [-0.4, -0.2) is 33.4 Å². The van der Waals surface area contributed by atoms with Gasteiger partial charge in [-0.15, -0.1) is 0 Å². The first-order valence-corrected chi connectivity index (χ1v) is 9.96. The predicted octanol–water partition coefficient (Wildman–Crippen LogP) is 4.37. The number of H-pyrrole nitrogens is 1. The number of methoxy groups -OCH3 is 1. The monoisotopic (exact) mass is 404 g/mol. The third kappa shape index (κ3) is 4.06. The molecule has 1 saturated carbocycles. The first-order chi connectivity index (χ1) is 14.6. The zero-order valence-electron chi connectivity index (χ0n) is 17.3. The summed E-state index contributed by atoms with van der Waals surface area (Å²) in [6, 6.07) is 7.83. The lowest BCUT2D eigenvalue weighted by molar-refractivity contribution is 0.205. The molecule has 0 radical (unpaired) electrons. The second-order valence-corrected chi connectivity index (χ2v) is 7.64. The Morgan fingerprint density at radius 2 is 2.07 bits per heavy atom. The van der Waals surface area contributed by atoms with Crippen LogP contribution >= 0.6 is 0 Å². The van der Waals surface area contributed by atoms with Crippen molar-refractivity contribution in [1.82, 2.24) is 20.2 Å². The lowest BCUT2D eigenvalue weighted by atomic mass is 10.0. The zero-order chi connectivity index (χ0) is 21.1. The smallest absolute Gasteiger partial charge is 0.158 e. The maximum atomic E-state index is 8.85. The fourth-order valence-electron chi connectivity index (χ4n) is 3.82. The van der Waals surface area contributed by atoms with Crippen molar-refractivity contribution in [2.75, 3.05) is 12.4 Å². The van der Waals surface area contributed by atoms with E-state index >= 15 is 0 Å². The van der Waals surface area contributed by atoms with Crippen LogP contribution in [0, 0.1) is 24.2 Å². The third-order valence-electron chi connectivity index (χ3n) is 5.33. The van der Waals surface area contributed by atoms with Crippen molar-refractivity contribution < 1.29 is 9.47 Å². The van der Waals surface area contributed by atoms with E-state index in [1.165, 1.54) is 18.8 Å². The zero-order valence-corrected chi connectivity index (χ0v) is 17.3. The van der Waals surface area contributed by atoms with Gasteiger partial charge < -0.3 is 14.8 Å². The molecule has 2 aromatic heterocycles. The average Bonchev–Trinajstić information content (AvgIpc) is 3.38. The molecule has 0 amide bonds. The van der Waals surface area contributed by atoms with Gasteiger partial charge in [-0.05, 0) is 43.7 Å². The van der Waals surface area contributed by atoms with E-state index in [9.17, 15) is 0 Å². The van der Waals surface area contributed by atoms with E-state index in [2.05, 4.69) is 32.4 Å². The van der Waals surface area contributed by atoms with E-state index in [0.717, 1.165) is 41.2 Å². The lowest BCUT2D eigenvalue weighted by Gasteiger charge is -2.19. The molecule has 0 aliphatic heterocycles. The highest BCUT2D eigenvalue weighted by atomic mass is 16.5. The van der Waals surface area contributed by atoms with Crippen LogP contribution in [0.1, 0.15) is 37.4 Å². The molecule has 2 N–H and O–H groups in total. The molecule has 1 fully saturated rings. The summed E-state index contributed by atoms with van der Waals surface area (Å²) in [6.07, 6.45) is 6.42. The molecule has 1 aliphatic carbocycles. The van der Waals surface area contributed by atoms with Gasteiger partial charge in [-0.2, -0.15) is 10.4 Å². The van der Waals surface area contributed by atoms with Gasteiger partial charge in [0.1, 0.15) is 23.4 Å². The maximum Gasteiger partial charge on any atom is 0.158 e. The third-order valence-corrected chi connectivity index (χ3v) is 5.33. The number of aryl methyl sites for hydroxylation is 1. The largest absolute Gasteiger partial charge is 0.496 e. The molecule has 2 heterocycles. The molecule has 4 rings (SSSR count). The molecule has 8 heteroatoms. The number of rotatable bonds is 6. The Morgan fingerprint density at radius 1 is 1.20 bits per heavy atom. The van der Waals surface area contributed by atoms with Gasteiger partial charge in [0, 0.05) is 6.07 Å². The van der Waals surface area contributed by atoms with Crippen molar-refractivity contribution in [3.05, 3.63) is 41.9 Å². The van der Waals surface area contributed by atoms with Crippen LogP contribution in [0.25, 0.3) is 11.3 Å². The number of ether oxygens (including phenoxy) is 2. The number of nitriles is 1. The Hall–Kier alpha value is -3.60. The summed E-state index contributed by atoms with van der Waals surface area (Å²) in [5, 5.41) is 19.3. The Labute approximate surface area is 175 Å². The topological polar surface area (TPSA) is 109 Å². The first kappa shape index (κ1) is 19.7. The molecule has 30 heavy (non-hydrogen) atoms. The van der Waals surface area contributed by atoms with Crippen molar-refractivity contribution in [3.63, 3.8) is 0 Å². The van der Waals surface area contributed by atoms with Gasteiger partial charge in [-0.1, -0.05) is 13.0 Å². The molecule has 0 unspecified atom stereocenters. The molecule has 8 nitrogen and oxygen atoms in total. The number of hydrogen-bond acceptors (Lipinski definition) is 7. The molecule has 1 aromatic carbocycles. The molecule has 0 saturated heterocycles. The van der Waals surface area contributed by atoms with Crippen LogP contribution in [0.3, 0.4) is 0 Å². The molecule has 154 valence electrons. The Kier molecular flexibility index (Phi) is 5.53. The molecular formula is C22H24N6O2. The standard InChI is InChI=1S/C22H24N6O2/c1-13-4-6-16(8-13)30-18-7-5-14(2)22(29-3)21(18)17-9-19(28-27-17)26-20-12-24-15(10-23)11-25-20/h5,7,9,11-13,16H,4,6,8H2,1-3H3,(H2,25,26,27,28)/t13-,16+/m0/s1. The molecular weight excluding hydrogens is 380 g/mol. The van der Waals surface area contributed by atoms with Crippen LogP contribution in [0.5, 0.6) is 11.5 Å². The van der Waals surface area contributed by atoms with E-state index in [1.54, 1.807) is 7.11 Å². The minimum absolute atomic E-state index is 0.209. The second kappa shape index (κ2) is 8.41. The SMILES string of the molecule is COc1c(C)ccc(O[C@@H]2CC[C@H](C)C2)c1-c1cc(Nc2cnc(C#N)cn2)n[nH]1. The van der Waals surface area contributed by atoms with E-state index in [0.29, 0.717) is 17.6 Å². The Balaban J connectivity index is 1.63. The summed E-state index contributed by atoms with van der Waals surface area (Å²) < 4.78 is 12.1. The van der Waals surface area contributed by atoms with E-state index in [1.807, 2.05) is 31.2 Å². The summed E-state index contributed by atoms with van der Waals surface area (Å²) >= 11 is 0. The van der Waals surface area contributed by atoms with Crippen LogP contribution in [0.2, 0.25) is 0 Å². The van der Waals surface area contributed by atoms with Crippen molar-refractivity contribution in [3.8, 4) is 28.8 Å². The fraction of sp³-hybridized carbons (Fsp3) is 0.364. The van der Waals surface area contributed by atoms with Crippen molar-refractivity contribution in [2.24, 2.45) is 5.92 Å². The number of aromatic amines is 1. The molecule has 2 atom stereocenters. The fourth-order valence-corrected chi connectivity index (χ4v) is 3.82. The highest BCUT2D eigenvalue weighted by molar-refractivity contribution is 5.78. The highest BCUT2D eigenvalue weighted by Crippen LogP contribution is 2.42. The van der Waals surface area contributed by atoms with Gasteiger partial charge >= 0.3 is 0 Å². The Bertz CT molecular complexity index is 1070. The lowest BCUT2D eigenvalue weighted by Crippen LogP contribution is -2.13. The van der Waals surface area contributed by atoms with Gasteiger partial charge in [0.05, 0.1) is 36.9 Å². The number of benzene rings is 1. The van der Waals surface area contributed by atoms with Crippen molar-refractivity contribution in [2.45, 2.75) is 39.2 Å². The normalized spacial score (nSPS) is 18.1. The van der Waals surface area contributed by atoms with Gasteiger partial charge in [0.15, 0.2) is 11.5 Å². The van der Waals surface area contributed by atoms with E-state index in [-0.39, 0.29) is 11.8 Å². The van der Waals surface area contributed by atoms with Gasteiger partial charge in [-0.3, -0.25) is 5.10 Å². The number of nitrogens with zero attached hydrogens (tertiary/aromatic N) is 4. The molecule has 0 bridgehead atoms. The minimum atomic E-state index is 0.209. The summed E-state index contributed by atoms with van der Waals surface area (Å²) in [4.78, 5) is 8.18. The first-order valence-electron chi connectivity index (χ1n) is 9.96. The number of aromatic nitrogens is 4. The second-order valence-electron chi connectivity index (χ2n) is 7.64. The quantitative estimate of drug-likeness (QED) is 0.628. The van der Waals surface area contributed by atoms with Gasteiger partial charge in [0.25, 0.3) is 0 Å². The molecule has 1 aliphatic rings. The van der Waals surface area contributed by atoms with Crippen LogP contribution in [0.4, 0.5) is 11.6 Å². The number of anilines is 2. The van der Waals surface area contributed by atoms with E-state index in [4.69, 9.17) is 14.7 Å². The summed E-state index contributed by atoms with van der Waals surface area (Å²) in [6.45, 7) is 4.27. The van der Waals surface area contributed by atoms with Gasteiger partial charge in [-0.25, -0.2) is 9.97 Å². The van der Waals surface area contributed by atoms with Gasteiger partial charge in [0.2, 0.25) is 0 Å². The summed E-state index contributed by atoms with van der Waals surface area (Å²) in [7, 11) is 1.66.